The van der Waals surface area contributed by atoms with Crippen LogP contribution in [0.3, 0.4) is 0 Å². The summed E-state index contributed by atoms with van der Waals surface area (Å²) in [7, 11) is 1.81. The van der Waals surface area contributed by atoms with Gasteiger partial charge in [-0.3, -0.25) is 4.99 Å². The van der Waals surface area contributed by atoms with E-state index in [1.807, 2.05) is 7.05 Å². The van der Waals surface area contributed by atoms with E-state index in [1.54, 1.807) is 11.3 Å². The number of halogens is 1. The van der Waals surface area contributed by atoms with Gasteiger partial charge < -0.3 is 10.6 Å². The average molecular weight is 429 g/mol. The van der Waals surface area contributed by atoms with E-state index in [-0.39, 0.29) is 24.0 Å². The lowest BCUT2D eigenvalue weighted by molar-refractivity contribution is 0.630. The van der Waals surface area contributed by atoms with Crippen molar-refractivity contribution in [1.29, 1.82) is 0 Å². The Labute approximate surface area is 154 Å². The summed E-state index contributed by atoms with van der Waals surface area (Å²) in [5.74, 6) is 1.36. The molecule has 1 unspecified atom stereocenters. The fraction of sp³-hybridized carbons (Fsp3) is 0.353. The fourth-order valence-electron chi connectivity index (χ4n) is 2.24. The summed E-state index contributed by atoms with van der Waals surface area (Å²) in [6, 6.07) is 12.8. The van der Waals surface area contributed by atoms with E-state index < -0.39 is 0 Å². The van der Waals surface area contributed by atoms with Crippen molar-refractivity contribution in [3.05, 3.63) is 58.3 Å². The minimum absolute atomic E-state index is 0. The van der Waals surface area contributed by atoms with Crippen molar-refractivity contribution in [3.8, 4) is 0 Å². The van der Waals surface area contributed by atoms with Crippen LogP contribution >= 0.6 is 35.3 Å². The molecule has 2 aromatic rings. The molecular formula is C17H24IN3S. The standard InChI is InChI=1S/C17H23N3S.HI/c1-3-15(16-7-5-4-6-8-16)12-20-17(18-2)19-11-14-9-10-21-13-14;/h4-10,13,15H,3,11-12H2,1-2H3,(H2,18,19,20);1H. The summed E-state index contributed by atoms with van der Waals surface area (Å²) in [4.78, 5) is 4.29. The van der Waals surface area contributed by atoms with Crippen LogP contribution in [0.1, 0.15) is 30.4 Å². The highest BCUT2D eigenvalue weighted by molar-refractivity contribution is 14.0. The summed E-state index contributed by atoms with van der Waals surface area (Å²) >= 11 is 1.72. The van der Waals surface area contributed by atoms with Crippen molar-refractivity contribution in [2.24, 2.45) is 4.99 Å². The van der Waals surface area contributed by atoms with Gasteiger partial charge in [0.2, 0.25) is 0 Å². The molecule has 5 heteroatoms. The van der Waals surface area contributed by atoms with Crippen LogP contribution in [0.2, 0.25) is 0 Å². The van der Waals surface area contributed by atoms with Crippen LogP contribution < -0.4 is 10.6 Å². The zero-order valence-electron chi connectivity index (χ0n) is 13.1. The molecule has 2 rings (SSSR count). The monoisotopic (exact) mass is 429 g/mol. The third-order valence-electron chi connectivity index (χ3n) is 3.54. The van der Waals surface area contributed by atoms with E-state index in [4.69, 9.17) is 0 Å². The number of hydrogen-bond donors (Lipinski definition) is 2. The minimum atomic E-state index is 0. The predicted molar refractivity (Wildman–Crippen MR) is 107 cm³/mol. The summed E-state index contributed by atoms with van der Waals surface area (Å²) in [5, 5.41) is 11.0. The molecule has 1 atom stereocenters. The van der Waals surface area contributed by atoms with Crippen molar-refractivity contribution in [1.82, 2.24) is 10.6 Å². The van der Waals surface area contributed by atoms with E-state index in [0.717, 1.165) is 25.5 Å². The van der Waals surface area contributed by atoms with E-state index in [2.05, 4.69) is 69.7 Å². The van der Waals surface area contributed by atoms with Gasteiger partial charge in [0.15, 0.2) is 5.96 Å². The number of thiophene rings is 1. The lowest BCUT2D eigenvalue weighted by Gasteiger charge is -2.18. The molecule has 1 aromatic heterocycles. The number of benzene rings is 1. The van der Waals surface area contributed by atoms with Gasteiger partial charge >= 0.3 is 0 Å². The molecule has 0 aliphatic carbocycles. The van der Waals surface area contributed by atoms with E-state index in [1.165, 1.54) is 11.1 Å². The second-order valence-electron chi connectivity index (χ2n) is 4.95. The van der Waals surface area contributed by atoms with Crippen LogP contribution in [0.4, 0.5) is 0 Å². The van der Waals surface area contributed by atoms with Gasteiger partial charge in [-0.25, -0.2) is 0 Å². The molecule has 0 saturated carbocycles. The fourth-order valence-corrected chi connectivity index (χ4v) is 2.91. The Morgan fingerprint density at radius 2 is 1.95 bits per heavy atom. The van der Waals surface area contributed by atoms with Crippen molar-refractivity contribution < 1.29 is 0 Å². The Morgan fingerprint density at radius 3 is 2.55 bits per heavy atom. The third kappa shape index (κ3) is 5.96. The van der Waals surface area contributed by atoms with Gasteiger partial charge in [0, 0.05) is 26.1 Å². The molecule has 0 aliphatic rings. The van der Waals surface area contributed by atoms with Crippen LogP contribution in [0.15, 0.2) is 52.2 Å². The smallest absolute Gasteiger partial charge is 0.191 e. The molecule has 2 N–H and O–H groups in total. The lowest BCUT2D eigenvalue weighted by atomic mass is 9.97. The summed E-state index contributed by atoms with van der Waals surface area (Å²) in [5.41, 5.74) is 2.67. The molecule has 0 fully saturated rings. The number of nitrogens with zero attached hydrogens (tertiary/aromatic N) is 1. The van der Waals surface area contributed by atoms with E-state index in [9.17, 15) is 0 Å². The molecule has 0 amide bonds. The molecular weight excluding hydrogens is 405 g/mol. The van der Waals surface area contributed by atoms with Crippen molar-refractivity contribution in [3.63, 3.8) is 0 Å². The number of rotatable bonds is 6. The van der Waals surface area contributed by atoms with Crippen LogP contribution in [0.5, 0.6) is 0 Å². The highest BCUT2D eigenvalue weighted by Gasteiger charge is 2.09. The quantitative estimate of drug-likeness (QED) is 0.410. The summed E-state index contributed by atoms with van der Waals surface area (Å²) < 4.78 is 0. The van der Waals surface area contributed by atoms with Gasteiger partial charge in [-0.05, 0) is 34.4 Å². The average Bonchev–Trinajstić information content (AvgIpc) is 3.05. The third-order valence-corrected chi connectivity index (χ3v) is 4.28. The lowest BCUT2D eigenvalue weighted by Crippen LogP contribution is -2.38. The van der Waals surface area contributed by atoms with Crippen molar-refractivity contribution in [2.75, 3.05) is 13.6 Å². The molecule has 22 heavy (non-hydrogen) atoms. The number of hydrogen-bond acceptors (Lipinski definition) is 2. The van der Waals surface area contributed by atoms with E-state index >= 15 is 0 Å². The normalized spacial score (nSPS) is 12.4. The summed E-state index contributed by atoms with van der Waals surface area (Å²) in [6.07, 6.45) is 1.11. The van der Waals surface area contributed by atoms with Crippen molar-refractivity contribution in [2.45, 2.75) is 25.8 Å². The first-order valence-electron chi connectivity index (χ1n) is 7.34. The maximum atomic E-state index is 4.29. The predicted octanol–water partition coefficient (Wildman–Crippen LogP) is 4.22. The molecule has 3 nitrogen and oxygen atoms in total. The highest BCUT2D eigenvalue weighted by atomic mass is 127. The Kier molecular flexibility index (Phi) is 9.15. The van der Waals surface area contributed by atoms with Gasteiger partial charge in [0.25, 0.3) is 0 Å². The molecule has 0 bridgehead atoms. The summed E-state index contributed by atoms with van der Waals surface area (Å²) in [6.45, 7) is 3.93. The highest BCUT2D eigenvalue weighted by Crippen LogP contribution is 2.17. The largest absolute Gasteiger partial charge is 0.356 e. The SMILES string of the molecule is CCC(CNC(=NC)NCc1ccsc1)c1ccccc1.I. The van der Waals surface area contributed by atoms with Gasteiger partial charge in [-0.1, -0.05) is 37.3 Å². The van der Waals surface area contributed by atoms with E-state index in [0.29, 0.717) is 5.92 Å². The van der Waals surface area contributed by atoms with Gasteiger partial charge in [0.05, 0.1) is 0 Å². The second-order valence-corrected chi connectivity index (χ2v) is 5.73. The maximum Gasteiger partial charge on any atom is 0.191 e. The zero-order valence-corrected chi connectivity index (χ0v) is 16.2. The van der Waals surface area contributed by atoms with Crippen molar-refractivity contribution >= 4 is 41.3 Å². The van der Waals surface area contributed by atoms with Gasteiger partial charge in [-0.15, -0.1) is 24.0 Å². The number of aliphatic imine (C=N–C) groups is 1. The first-order valence-corrected chi connectivity index (χ1v) is 8.28. The molecule has 0 spiro atoms. The Balaban J connectivity index is 0.00000242. The molecule has 1 heterocycles. The Morgan fingerprint density at radius 1 is 1.18 bits per heavy atom. The molecule has 1 aromatic carbocycles. The van der Waals surface area contributed by atoms with Crippen LogP contribution in [-0.2, 0) is 6.54 Å². The second kappa shape index (κ2) is 10.6. The van der Waals surface area contributed by atoms with Gasteiger partial charge in [0.1, 0.15) is 0 Å². The molecule has 0 saturated heterocycles. The van der Waals surface area contributed by atoms with Crippen LogP contribution in [-0.4, -0.2) is 19.6 Å². The zero-order chi connectivity index (χ0) is 14.9. The molecule has 0 radical (unpaired) electrons. The number of guanidine groups is 1. The first kappa shape index (κ1) is 19.0. The molecule has 0 aliphatic heterocycles. The van der Waals surface area contributed by atoms with Crippen LogP contribution in [0.25, 0.3) is 0 Å². The Hall–Kier alpha value is -1.08. The van der Waals surface area contributed by atoms with Gasteiger partial charge in [-0.2, -0.15) is 11.3 Å². The molecule has 120 valence electrons. The van der Waals surface area contributed by atoms with Crippen LogP contribution in [0, 0.1) is 0 Å². The maximum absolute atomic E-state index is 4.29. The topological polar surface area (TPSA) is 36.4 Å². The number of nitrogens with one attached hydrogen (secondary N) is 2. The Bertz CT molecular complexity index is 540. The first-order chi connectivity index (χ1) is 10.3. The minimum Gasteiger partial charge on any atom is -0.356 e.